The van der Waals surface area contributed by atoms with Gasteiger partial charge in [0.25, 0.3) is 0 Å². The molecule has 0 aromatic heterocycles. The van der Waals surface area contributed by atoms with Gasteiger partial charge in [-0.05, 0) is 39.3 Å². The van der Waals surface area contributed by atoms with Crippen LogP contribution in [0.1, 0.15) is 25.8 Å². The Hall–Kier alpha value is -1.86. The highest BCUT2D eigenvalue weighted by Gasteiger charge is 2.55. The maximum Gasteiger partial charge on any atom is 0.501 e. The van der Waals surface area contributed by atoms with Crippen LogP contribution in [0, 0.1) is 0 Å². The second-order valence-corrected chi connectivity index (χ2v) is 11.4. The number of hydrogen-bond acceptors (Lipinski definition) is 8. The molecule has 5 unspecified atom stereocenters. The van der Waals surface area contributed by atoms with E-state index in [-0.39, 0.29) is 42.8 Å². The SMILES string of the molecule is CNC(Cc1ccccc1)C(=O)NCC(=O)NCCC[Si]1(OC)OC(C(C)OC)C(C(C)OC)O1. The standard InChI is InChI=1S/C24H41N3O7Si/c1-17(30-4)22-23(18(2)31-5)34-35(32-6,33-22)14-10-13-26-21(28)16-27-24(29)20(25-3)15-19-11-8-7-9-12-19/h7-9,11-12,17-18,20,22-23,25H,10,13-16H2,1-6H3,(H,26,28)(H,27,29). The molecule has 35 heavy (non-hydrogen) atoms. The van der Waals surface area contributed by atoms with E-state index >= 15 is 0 Å². The van der Waals surface area contributed by atoms with E-state index in [1.165, 1.54) is 0 Å². The first-order chi connectivity index (χ1) is 16.8. The molecule has 10 nitrogen and oxygen atoms in total. The predicted molar refractivity (Wildman–Crippen MR) is 134 cm³/mol. The molecule has 1 heterocycles. The van der Waals surface area contributed by atoms with E-state index in [4.69, 9.17) is 22.8 Å². The maximum absolute atomic E-state index is 12.5. The second-order valence-electron chi connectivity index (χ2n) is 8.64. The minimum absolute atomic E-state index is 0.0908. The lowest BCUT2D eigenvalue weighted by molar-refractivity contribution is -0.127. The number of carbonyl (C=O) groups excluding carboxylic acids is 2. The zero-order chi connectivity index (χ0) is 25.8. The molecule has 5 atom stereocenters. The molecule has 0 radical (unpaired) electrons. The summed E-state index contributed by atoms with van der Waals surface area (Å²) in [6.45, 7) is 4.17. The number of nitrogens with one attached hydrogen (secondary N) is 3. The number of likely N-dealkylation sites (N-methyl/N-ethyl adjacent to an activating group) is 1. The molecule has 0 aliphatic carbocycles. The molecular weight excluding hydrogens is 470 g/mol. The average Bonchev–Trinajstić information content (AvgIpc) is 3.28. The van der Waals surface area contributed by atoms with Crippen LogP contribution in [0.5, 0.6) is 0 Å². The highest BCUT2D eigenvalue weighted by molar-refractivity contribution is 6.61. The van der Waals surface area contributed by atoms with Crippen molar-refractivity contribution in [2.24, 2.45) is 0 Å². The van der Waals surface area contributed by atoms with Gasteiger partial charge in [-0.1, -0.05) is 30.3 Å². The smallest absolute Gasteiger partial charge is 0.379 e. The maximum atomic E-state index is 12.5. The molecule has 1 aliphatic rings. The van der Waals surface area contributed by atoms with Crippen molar-refractivity contribution < 1.29 is 32.3 Å². The number of methoxy groups -OCH3 is 2. The van der Waals surface area contributed by atoms with E-state index in [9.17, 15) is 9.59 Å². The fourth-order valence-corrected chi connectivity index (χ4v) is 6.73. The molecule has 198 valence electrons. The normalized spacial score (nSPS) is 24.5. The van der Waals surface area contributed by atoms with E-state index < -0.39 is 14.8 Å². The summed E-state index contributed by atoms with van der Waals surface area (Å²) in [6.07, 6.45) is 0.168. The summed E-state index contributed by atoms with van der Waals surface area (Å²) in [7, 11) is 3.63. The van der Waals surface area contributed by atoms with Crippen LogP contribution in [0.2, 0.25) is 6.04 Å². The Morgan fingerprint density at radius 3 is 2.11 bits per heavy atom. The lowest BCUT2D eigenvalue weighted by atomic mass is 10.1. The molecule has 0 spiro atoms. The fourth-order valence-electron chi connectivity index (χ4n) is 3.95. The van der Waals surface area contributed by atoms with Crippen LogP contribution in [0.25, 0.3) is 0 Å². The van der Waals surface area contributed by atoms with Crippen molar-refractivity contribution >= 4 is 20.6 Å². The Labute approximate surface area is 209 Å². The Balaban J connectivity index is 1.77. The zero-order valence-electron chi connectivity index (χ0n) is 21.7. The average molecular weight is 512 g/mol. The first-order valence-electron chi connectivity index (χ1n) is 12.0. The summed E-state index contributed by atoms with van der Waals surface area (Å²) in [5, 5.41) is 8.53. The summed E-state index contributed by atoms with van der Waals surface area (Å²) in [4.78, 5) is 24.7. The highest BCUT2D eigenvalue weighted by Crippen LogP contribution is 2.34. The van der Waals surface area contributed by atoms with Crippen LogP contribution in [-0.2, 0) is 38.8 Å². The lowest BCUT2D eigenvalue weighted by Crippen LogP contribution is -2.47. The van der Waals surface area contributed by atoms with Gasteiger partial charge in [0.1, 0.15) is 12.2 Å². The third-order valence-corrected chi connectivity index (χ3v) is 9.14. The van der Waals surface area contributed by atoms with Gasteiger partial charge in [-0.25, -0.2) is 0 Å². The Morgan fingerprint density at radius 1 is 1.00 bits per heavy atom. The molecule has 2 rings (SSSR count). The number of hydrogen-bond donors (Lipinski definition) is 3. The molecular formula is C24H41N3O7Si. The molecule has 0 saturated carbocycles. The van der Waals surface area contributed by atoms with Crippen molar-refractivity contribution in [1.29, 1.82) is 0 Å². The van der Waals surface area contributed by atoms with Gasteiger partial charge in [-0.2, -0.15) is 0 Å². The summed E-state index contributed by atoms with van der Waals surface area (Å²) in [5.41, 5.74) is 1.04. The fraction of sp³-hybridized carbons (Fsp3) is 0.667. The molecule has 1 aromatic carbocycles. The van der Waals surface area contributed by atoms with Crippen molar-refractivity contribution in [1.82, 2.24) is 16.0 Å². The molecule has 0 bridgehead atoms. The van der Waals surface area contributed by atoms with Gasteiger partial charge in [0, 0.05) is 33.9 Å². The monoisotopic (exact) mass is 511 g/mol. The van der Waals surface area contributed by atoms with Gasteiger partial charge in [0.15, 0.2) is 0 Å². The van der Waals surface area contributed by atoms with E-state index in [1.54, 1.807) is 28.4 Å². The topological polar surface area (TPSA) is 116 Å². The highest BCUT2D eigenvalue weighted by atomic mass is 28.4. The number of ether oxygens (including phenoxy) is 2. The number of amides is 2. The number of benzene rings is 1. The van der Waals surface area contributed by atoms with E-state index in [0.29, 0.717) is 25.4 Å². The Kier molecular flexibility index (Phi) is 12.3. The molecule has 1 fully saturated rings. The summed E-state index contributed by atoms with van der Waals surface area (Å²) < 4.78 is 29.2. The minimum Gasteiger partial charge on any atom is -0.379 e. The van der Waals surface area contributed by atoms with Crippen LogP contribution in [0.4, 0.5) is 0 Å². The molecule has 11 heteroatoms. The van der Waals surface area contributed by atoms with Crippen LogP contribution in [-0.4, -0.2) is 92.5 Å². The quantitative estimate of drug-likeness (QED) is 0.235. The molecule has 3 N–H and O–H groups in total. The Bertz CT molecular complexity index is 768. The lowest BCUT2D eigenvalue weighted by Gasteiger charge is -2.26. The molecule has 1 saturated heterocycles. The van der Waals surface area contributed by atoms with Gasteiger partial charge in [0.05, 0.1) is 24.8 Å². The van der Waals surface area contributed by atoms with E-state index in [1.807, 2.05) is 44.2 Å². The minimum atomic E-state index is -2.95. The van der Waals surface area contributed by atoms with Crippen LogP contribution in [0.15, 0.2) is 30.3 Å². The van der Waals surface area contributed by atoms with Crippen molar-refractivity contribution in [3.8, 4) is 0 Å². The van der Waals surface area contributed by atoms with Crippen LogP contribution < -0.4 is 16.0 Å². The largest absolute Gasteiger partial charge is 0.501 e. The summed E-state index contributed by atoms with van der Waals surface area (Å²) in [6, 6.07) is 9.85. The van der Waals surface area contributed by atoms with Gasteiger partial charge < -0.3 is 38.7 Å². The van der Waals surface area contributed by atoms with Gasteiger partial charge in [-0.3, -0.25) is 9.59 Å². The van der Waals surface area contributed by atoms with Gasteiger partial charge >= 0.3 is 8.80 Å². The summed E-state index contributed by atoms with van der Waals surface area (Å²) >= 11 is 0. The van der Waals surface area contributed by atoms with Crippen LogP contribution in [0.3, 0.4) is 0 Å². The Morgan fingerprint density at radius 2 is 1.60 bits per heavy atom. The van der Waals surface area contributed by atoms with E-state index in [0.717, 1.165) is 5.56 Å². The van der Waals surface area contributed by atoms with Crippen molar-refractivity contribution in [2.75, 3.05) is 41.5 Å². The van der Waals surface area contributed by atoms with Crippen molar-refractivity contribution in [2.45, 2.75) is 63.2 Å². The van der Waals surface area contributed by atoms with Crippen molar-refractivity contribution in [3.63, 3.8) is 0 Å². The summed E-state index contributed by atoms with van der Waals surface area (Å²) in [5.74, 6) is -0.479. The van der Waals surface area contributed by atoms with Crippen molar-refractivity contribution in [3.05, 3.63) is 35.9 Å². The third kappa shape index (κ3) is 8.64. The van der Waals surface area contributed by atoms with Gasteiger partial charge in [-0.15, -0.1) is 0 Å². The number of carbonyl (C=O) groups is 2. The third-order valence-electron chi connectivity index (χ3n) is 6.29. The zero-order valence-corrected chi connectivity index (χ0v) is 22.7. The van der Waals surface area contributed by atoms with Crippen LogP contribution >= 0.6 is 0 Å². The predicted octanol–water partition coefficient (Wildman–Crippen LogP) is 0.879. The van der Waals surface area contributed by atoms with E-state index in [2.05, 4.69) is 16.0 Å². The molecule has 2 amide bonds. The number of rotatable bonds is 15. The second kappa shape index (κ2) is 14.6. The van der Waals surface area contributed by atoms with Gasteiger partial charge in [0.2, 0.25) is 11.8 Å². The first-order valence-corrected chi connectivity index (χ1v) is 13.9. The molecule has 1 aliphatic heterocycles. The molecule has 1 aromatic rings. The first kappa shape index (κ1) is 29.4.